The summed E-state index contributed by atoms with van der Waals surface area (Å²) in [6.07, 6.45) is 1.85. The van der Waals surface area contributed by atoms with Gasteiger partial charge in [-0.15, -0.1) is 0 Å². The summed E-state index contributed by atoms with van der Waals surface area (Å²) in [5.41, 5.74) is 1.52. The fourth-order valence-corrected chi connectivity index (χ4v) is 5.33. The molecule has 21 heavy (non-hydrogen) atoms. The number of rotatable bonds is 2. The summed E-state index contributed by atoms with van der Waals surface area (Å²) in [4.78, 5) is 0.468. The molecule has 0 atom stereocenters. The van der Waals surface area contributed by atoms with Crippen molar-refractivity contribution in [1.82, 2.24) is 4.31 Å². The monoisotopic (exact) mass is 309 g/mol. The van der Waals surface area contributed by atoms with Crippen molar-refractivity contribution in [2.24, 2.45) is 0 Å². The first-order chi connectivity index (χ1) is 9.46. The normalized spacial score (nSPS) is 19.9. The van der Waals surface area contributed by atoms with E-state index in [-0.39, 0.29) is 11.0 Å². The van der Waals surface area contributed by atoms with E-state index in [1.807, 2.05) is 32.9 Å². The highest BCUT2D eigenvalue weighted by atomic mass is 32.2. The maximum atomic E-state index is 13.2. The second-order valence-corrected chi connectivity index (χ2v) is 9.57. The molecule has 1 aromatic rings. The second-order valence-electron chi connectivity index (χ2n) is 7.74. The van der Waals surface area contributed by atoms with Crippen LogP contribution in [0.2, 0.25) is 0 Å². The average Bonchev–Trinajstić information content (AvgIpc) is 2.68. The van der Waals surface area contributed by atoms with E-state index in [1.54, 1.807) is 10.4 Å². The summed E-state index contributed by atoms with van der Waals surface area (Å²) in [6.45, 7) is 12.9. The van der Waals surface area contributed by atoms with Crippen LogP contribution < -0.4 is 0 Å². The number of hydrogen-bond donors (Lipinski definition) is 0. The number of aryl methyl sites for hydroxylation is 1. The molecule has 1 heterocycles. The van der Waals surface area contributed by atoms with Crippen molar-refractivity contribution in [3.63, 3.8) is 0 Å². The van der Waals surface area contributed by atoms with Crippen molar-refractivity contribution in [1.29, 1.82) is 0 Å². The Labute approximate surface area is 129 Å². The number of nitrogens with zero attached hydrogens (tertiary/aromatic N) is 1. The summed E-state index contributed by atoms with van der Waals surface area (Å²) < 4.78 is 28.0. The van der Waals surface area contributed by atoms with Crippen molar-refractivity contribution in [2.75, 3.05) is 6.54 Å². The van der Waals surface area contributed by atoms with Crippen LogP contribution in [0.15, 0.2) is 23.1 Å². The van der Waals surface area contributed by atoms with Gasteiger partial charge in [-0.2, -0.15) is 4.31 Å². The number of hydrogen-bond acceptors (Lipinski definition) is 2. The maximum Gasteiger partial charge on any atom is 0.243 e. The molecule has 0 N–H and O–H groups in total. The maximum absolute atomic E-state index is 13.2. The smallest absolute Gasteiger partial charge is 0.207 e. The summed E-state index contributed by atoms with van der Waals surface area (Å²) >= 11 is 0. The molecular weight excluding hydrogens is 282 g/mol. The third kappa shape index (κ3) is 3.02. The lowest BCUT2D eigenvalue weighted by Gasteiger charge is -2.33. The van der Waals surface area contributed by atoms with E-state index in [0.717, 1.165) is 24.0 Å². The van der Waals surface area contributed by atoms with Crippen LogP contribution in [-0.4, -0.2) is 24.8 Å². The van der Waals surface area contributed by atoms with Gasteiger partial charge in [0, 0.05) is 12.1 Å². The first-order valence-corrected chi connectivity index (χ1v) is 9.04. The van der Waals surface area contributed by atoms with Gasteiger partial charge in [-0.05, 0) is 50.7 Å². The van der Waals surface area contributed by atoms with E-state index in [4.69, 9.17) is 0 Å². The molecule has 2 rings (SSSR count). The topological polar surface area (TPSA) is 37.4 Å². The second kappa shape index (κ2) is 5.10. The minimum Gasteiger partial charge on any atom is -0.207 e. The Kier molecular flexibility index (Phi) is 4.00. The third-order valence-electron chi connectivity index (χ3n) is 4.34. The molecule has 0 amide bonds. The fourth-order valence-electron chi connectivity index (χ4n) is 3.10. The Bertz CT molecular complexity index is 639. The predicted molar refractivity (Wildman–Crippen MR) is 87.1 cm³/mol. The molecule has 1 aliphatic rings. The van der Waals surface area contributed by atoms with Crippen molar-refractivity contribution >= 4 is 10.0 Å². The highest BCUT2D eigenvalue weighted by Crippen LogP contribution is 2.37. The van der Waals surface area contributed by atoms with E-state index in [0.29, 0.717) is 11.4 Å². The molecule has 1 aliphatic heterocycles. The van der Waals surface area contributed by atoms with Crippen molar-refractivity contribution in [3.05, 3.63) is 29.3 Å². The molecule has 0 aromatic heterocycles. The minimum absolute atomic E-state index is 0.196. The zero-order valence-electron chi connectivity index (χ0n) is 14.0. The van der Waals surface area contributed by atoms with E-state index >= 15 is 0 Å². The van der Waals surface area contributed by atoms with E-state index in [9.17, 15) is 8.42 Å². The Morgan fingerprint density at radius 1 is 1.19 bits per heavy atom. The van der Waals surface area contributed by atoms with Gasteiger partial charge in [0.15, 0.2) is 0 Å². The molecule has 0 radical (unpaired) electrons. The van der Waals surface area contributed by atoms with Crippen LogP contribution in [0.1, 0.15) is 58.6 Å². The van der Waals surface area contributed by atoms with Crippen LogP contribution in [0, 0.1) is 6.92 Å². The Hall–Kier alpha value is -0.870. The molecule has 1 saturated heterocycles. The number of sulfonamides is 1. The lowest BCUT2D eigenvalue weighted by atomic mass is 9.86. The Morgan fingerprint density at radius 2 is 1.81 bits per heavy atom. The summed E-state index contributed by atoms with van der Waals surface area (Å²) in [6, 6.07) is 5.68. The molecular formula is C17H27NO2S. The van der Waals surface area contributed by atoms with Gasteiger partial charge in [-0.1, -0.05) is 38.5 Å². The molecule has 0 saturated carbocycles. The lowest BCUT2D eigenvalue weighted by molar-refractivity contribution is 0.291. The van der Waals surface area contributed by atoms with Crippen molar-refractivity contribution in [3.8, 4) is 0 Å². The van der Waals surface area contributed by atoms with E-state index < -0.39 is 10.0 Å². The minimum atomic E-state index is -3.44. The van der Waals surface area contributed by atoms with Crippen LogP contribution in [0.25, 0.3) is 0 Å². The zero-order valence-corrected chi connectivity index (χ0v) is 14.8. The van der Waals surface area contributed by atoms with E-state index in [2.05, 4.69) is 20.8 Å². The SMILES string of the molecule is Cc1ccc(S(=O)(=O)N2CCCC2(C)C)c(C(C)(C)C)c1. The lowest BCUT2D eigenvalue weighted by Crippen LogP contribution is -2.43. The summed E-state index contributed by atoms with van der Waals surface area (Å²) in [5.74, 6) is 0. The van der Waals surface area contributed by atoms with Gasteiger partial charge >= 0.3 is 0 Å². The van der Waals surface area contributed by atoms with Gasteiger partial charge in [-0.25, -0.2) is 8.42 Å². The van der Waals surface area contributed by atoms with Crippen molar-refractivity contribution < 1.29 is 8.42 Å². The van der Waals surface area contributed by atoms with Gasteiger partial charge in [0.05, 0.1) is 4.90 Å². The summed E-state index contributed by atoms with van der Waals surface area (Å²) in [7, 11) is -3.44. The highest BCUT2D eigenvalue weighted by molar-refractivity contribution is 7.89. The fraction of sp³-hybridized carbons (Fsp3) is 0.647. The van der Waals surface area contributed by atoms with Crippen LogP contribution >= 0.6 is 0 Å². The molecule has 0 aliphatic carbocycles. The standard InChI is InChI=1S/C17H27NO2S/c1-13-8-9-15(14(12-13)16(2,3)4)21(19,20)18-11-7-10-17(18,5)6/h8-9,12H,7,10-11H2,1-6H3. The molecule has 0 unspecified atom stereocenters. The quantitative estimate of drug-likeness (QED) is 0.832. The molecule has 1 fully saturated rings. The van der Waals surface area contributed by atoms with Crippen LogP contribution in [-0.2, 0) is 15.4 Å². The first kappa shape index (κ1) is 16.5. The van der Waals surface area contributed by atoms with Crippen LogP contribution in [0.5, 0.6) is 0 Å². The molecule has 3 nitrogen and oxygen atoms in total. The van der Waals surface area contributed by atoms with Gasteiger partial charge in [0.2, 0.25) is 10.0 Å². The predicted octanol–water partition coefficient (Wildman–Crippen LogP) is 3.86. The molecule has 0 bridgehead atoms. The largest absolute Gasteiger partial charge is 0.243 e. The van der Waals surface area contributed by atoms with Crippen LogP contribution in [0.3, 0.4) is 0 Å². The molecule has 4 heteroatoms. The molecule has 118 valence electrons. The highest BCUT2D eigenvalue weighted by Gasteiger charge is 2.42. The number of benzene rings is 1. The Morgan fingerprint density at radius 3 is 2.29 bits per heavy atom. The van der Waals surface area contributed by atoms with Gasteiger partial charge in [0.1, 0.15) is 0 Å². The van der Waals surface area contributed by atoms with Gasteiger partial charge in [0.25, 0.3) is 0 Å². The van der Waals surface area contributed by atoms with Crippen molar-refractivity contribution in [2.45, 2.75) is 70.2 Å². The van der Waals surface area contributed by atoms with Gasteiger partial charge < -0.3 is 0 Å². The Balaban J connectivity index is 2.61. The van der Waals surface area contributed by atoms with Gasteiger partial charge in [-0.3, -0.25) is 0 Å². The molecule has 1 aromatic carbocycles. The summed E-state index contributed by atoms with van der Waals surface area (Å²) in [5, 5.41) is 0. The zero-order chi connectivity index (χ0) is 16.1. The molecule has 0 spiro atoms. The average molecular weight is 309 g/mol. The third-order valence-corrected chi connectivity index (χ3v) is 6.50. The van der Waals surface area contributed by atoms with E-state index in [1.165, 1.54) is 0 Å². The first-order valence-electron chi connectivity index (χ1n) is 7.60. The van der Waals surface area contributed by atoms with Crippen LogP contribution in [0.4, 0.5) is 0 Å².